The molecule has 0 bridgehead atoms. The van der Waals surface area contributed by atoms with E-state index in [-0.39, 0.29) is 0 Å². The topological polar surface area (TPSA) is 0 Å². The second-order valence-corrected chi connectivity index (χ2v) is 8.50. The normalized spacial score (nSPS) is 20.6. The third-order valence-electron chi connectivity index (χ3n) is 6.38. The Morgan fingerprint density at radius 1 is 0.300 bits per heavy atom. The van der Waals surface area contributed by atoms with Crippen molar-refractivity contribution in [1.29, 1.82) is 0 Å². The zero-order valence-electron chi connectivity index (χ0n) is 46.0. The first-order chi connectivity index (χ1) is 30.7. The molecule has 0 amide bonds. The molecule has 0 aromatic heterocycles. The van der Waals surface area contributed by atoms with Gasteiger partial charge in [0.2, 0.25) is 0 Å². The molecule has 0 saturated carbocycles. The van der Waals surface area contributed by atoms with Crippen LogP contribution in [0.1, 0.15) is 35.6 Å². The van der Waals surface area contributed by atoms with Gasteiger partial charge in [-0.25, -0.2) is 0 Å². The lowest BCUT2D eigenvalue weighted by molar-refractivity contribution is 1.63. The fourth-order valence-corrected chi connectivity index (χ4v) is 4.72. The van der Waals surface area contributed by atoms with Gasteiger partial charge in [-0.3, -0.25) is 0 Å². The van der Waals surface area contributed by atoms with Crippen molar-refractivity contribution in [3.8, 4) is 33.4 Å². The Balaban J connectivity index is 1.80. The first-order valence-corrected chi connectivity index (χ1v) is 11.8. The molecule has 40 heavy (non-hydrogen) atoms. The minimum Gasteiger partial charge on any atom is -0.0616 e. The number of benzene rings is 8. The van der Waals surface area contributed by atoms with E-state index in [1.165, 1.54) is 0 Å². The number of rotatable bonds is 3. The van der Waals surface area contributed by atoms with Gasteiger partial charge in [-0.1, -0.05) is 151 Å². The van der Waals surface area contributed by atoms with Crippen molar-refractivity contribution in [3.63, 3.8) is 0 Å². The van der Waals surface area contributed by atoms with Gasteiger partial charge >= 0.3 is 0 Å². The van der Waals surface area contributed by atoms with Crippen LogP contribution in [0.3, 0.4) is 0 Å². The quantitative estimate of drug-likeness (QED) is 0.198. The van der Waals surface area contributed by atoms with Crippen LogP contribution in [0.2, 0.25) is 0 Å². The molecule has 0 unspecified atom stereocenters. The molecule has 8 aromatic carbocycles. The predicted molar refractivity (Wildman–Crippen MR) is 173 cm³/mol. The maximum atomic E-state index is 9.46. The molecule has 0 spiro atoms. The Labute approximate surface area is 270 Å². The van der Waals surface area contributed by atoms with E-state index in [9.17, 15) is 12.3 Å². The summed E-state index contributed by atoms with van der Waals surface area (Å²) in [6, 6.07) is -24.8. The lowest BCUT2D eigenvalue weighted by atomic mass is 9.83. The van der Waals surface area contributed by atoms with Gasteiger partial charge in [0.15, 0.2) is 0 Å². The summed E-state index contributed by atoms with van der Waals surface area (Å²) >= 11 is 0. The Kier molecular flexibility index (Phi) is 1.99. The monoisotopic (exact) mass is 532 g/mol. The summed E-state index contributed by atoms with van der Waals surface area (Å²) in [5, 5.41) is -5.59. The zero-order valence-corrected chi connectivity index (χ0v) is 20.0. The summed E-state index contributed by atoms with van der Waals surface area (Å²) in [6.45, 7) is 0. The van der Waals surface area contributed by atoms with Crippen molar-refractivity contribution in [2.24, 2.45) is 0 Å². The van der Waals surface area contributed by atoms with Crippen LogP contribution in [0.5, 0.6) is 0 Å². The van der Waals surface area contributed by atoms with E-state index in [4.69, 9.17) is 23.3 Å². The molecule has 0 fully saturated rings. The molecule has 0 atom stereocenters. The van der Waals surface area contributed by atoms with E-state index in [2.05, 4.69) is 0 Å². The Bertz CT molecular complexity index is 3560. The highest BCUT2D eigenvalue weighted by molar-refractivity contribution is 6.23. The summed E-state index contributed by atoms with van der Waals surface area (Å²) in [5.74, 6) is 0. The highest BCUT2D eigenvalue weighted by Gasteiger charge is 2.19. The molecule has 0 N–H and O–H groups in total. The van der Waals surface area contributed by atoms with E-state index in [0.717, 1.165) is 0 Å². The van der Waals surface area contributed by atoms with Gasteiger partial charge in [-0.15, -0.1) is 0 Å². The minimum atomic E-state index is -1.08. The molecule has 0 heteroatoms. The number of hydrogen-bond acceptors (Lipinski definition) is 0. The van der Waals surface area contributed by atoms with Crippen LogP contribution in [0.25, 0.3) is 76.5 Å². The molecule has 0 aliphatic carbocycles. The van der Waals surface area contributed by atoms with Crippen LogP contribution in [0.15, 0.2) is 157 Å². The Hall–Kier alpha value is -5.20. The predicted octanol–water partition coefficient (Wildman–Crippen LogP) is 11.3. The molecule has 8 aromatic rings. The molecule has 0 saturated heterocycles. The summed E-state index contributed by atoms with van der Waals surface area (Å²) < 4.78 is 232. The van der Waals surface area contributed by atoms with Crippen LogP contribution in [-0.4, -0.2) is 0 Å². The first-order valence-electron chi connectivity index (χ1n) is 24.8. The van der Waals surface area contributed by atoms with Crippen molar-refractivity contribution < 1.29 is 35.6 Å². The third kappa shape index (κ3) is 3.54. The smallest absolute Gasteiger partial charge is 0.0616 e. The van der Waals surface area contributed by atoms with Crippen molar-refractivity contribution in [2.75, 3.05) is 0 Å². The highest BCUT2D eigenvalue weighted by atomic mass is 14.2. The van der Waals surface area contributed by atoms with Gasteiger partial charge in [-0.05, 0) is 82.5 Å². The summed E-state index contributed by atoms with van der Waals surface area (Å²) in [4.78, 5) is 0. The van der Waals surface area contributed by atoms with Gasteiger partial charge in [0.05, 0.1) is 35.6 Å². The van der Waals surface area contributed by atoms with Crippen molar-refractivity contribution >= 4 is 43.1 Å². The minimum absolute atomic E-state index is 0.581. The lowest BCUT2D eigenvalue weighted by Gasteiger charge is -2.20. The van der Waals surface area contributed by atoms with Crippen LogP contribution in [0, 0.1) is 0 Å². The average Bonchev–Trinajstić information content (AvgIpc) is 3.28. The molecule has 0 aliphatic heterocycles. The molecule has 186 valence electrons. The first kappa shape index (κ1) is 8.65. The van der Waals surface area contributed by atoms with E-state index >= 15 is 0 Å². The van der Waals surface area contributed by atoms with Crippen LogP contribution >= 0.6 is 0 Å². The van der Waals surface area contributed by atoms with E-state index in [1.807, 2.05) is 0 Å². The van der Waals surface area contributed by atoms with Gasteiger partial charge in [0.1, 0.15) is 0 Å². The largest absolute Gasteiger partial charge is 0.0636 e. The molecule has 0 nitrogen and oxygen atoms in total. The van der Waals surface area contributed by atoms with E-state index in [1.54, 1.807) is 0 Å². The molecule has 0 heterocycles. The van der Waals surface area contributed by atoms with Crippen LogP contribution in [0.4, 0.5) is 0 Å². The van der Waals surface area contributed by atoms with Crippen LogP contribution < -0.4 is 0 Å². The Morgan fingerprint density at radius 3 is 1.48 bits per heavy atom. The van der Waals surface area contributed by atoms with E-state index < -0.39 is 234 Å². The fourth-order valence-electron chi connectivity index (χ4n) is 4.72. The standard InChI is InChI=1S/C40H26/c1-2-14-29-26-30(25-24-27(29)12-1)39-35-19-7-9-21-37(35)40(38-22-10-8-20-36(38)39)34-18-6-5-17-33(34)32-23-11-15-28-13-3-4-16-31(28)32/h1-26H/i1D,2D,3D,4D,5D,6D,7D,8D,9D,10D,11D,12D,13D,14D,15D,16D,17D,18D,19D,20D,21D,22D,23D,24D,25D,26D. The Morgan fingerprint density at radius 2 is 0.775 bits per heavy atom. The third-order valence-corrected chi connectivity index (χ3v) is 6.38. The second-order valence-electron chi connectivity index (χ2n) is 8.50. The second kappa shape index (κ2) is 9.22. The molecular weight excluding hydrogens is 480 g/mol. The highest BCUT2D eigenvalue weighted by Crippen LogP contribution is 2.46. The molecular formula is C40H26. The maximum absolute atomic E-state index is 9.46. The van der Waals surface area contributed by atoms with Crippen LogP contribution in [-0.2, 0) is 0 Å². The van der Waals surface area contributed by atoms with Crippen molar-refractivity contribution in [3.05, 3.63) is 157 Å². The molecule has 8 rings (SSSR count). The lowest BCUT2D eigenvalue weighted by Crippen LogP contribution is -1.93. The molecule has 0 aliphatic rings. The number of fused-ring (bicyclic) bond motifs is 4. The maximum Gasteiger partial charge on any atom is 0.0636 e. The zero-order chi connectivity index (χ0) is 49.1. The van der Waals surface area contributed by atoms with Crippen molar-refractivity contribution in [2.45, 2.75) is 0 Å². The van der Waals surface area contributed by atoms with Crippen molar-refractivity contribution in [1.82, 2.24) is 0 Å². The average molecular weight is 533 g/mol. The van der Waals surface area contributed by atoms with Gasteiger partial charge in [0.25, 0.3) is 0 Å². The van der Waals surface area contributed by atoms with Gasteiger partial charge in [-0.2, -0.15) is 0 Å². The molecule has 0 radical (unpaired) electrons. The summed E-state index contributed by atoms with van der Waals surface area (Å²) in [5.41, 5.74) is -4.78. The van der Waals surface area contributed by atoms with E-state index in [0.29, 0.717) is 0 Å². The summed E-state index contributed by atoms with van der Waals surface area (Å²) in [7, 11) is 0. The number of hydrogen-bond donors (Lipinski definition) is 0. The van der Waals surface area contributed by atoms with Gasteiger partial charge < -0.3 is 0 Å². The SMILES string of the molecule is [2H]c1c([2H])c([2H])c(-c2c3c([2H])c([2H])c([2H])c([2H])c3c(-c3c([2H])c([2H])c4c([2H])c([2H])c([2H])c([2H])c4c3[2H])c3c([2H])c([2H])c([2H])c([2H])c23)c(-c2c([2H])c([2H])c([2H])c3c([2H])c([2H])c([2H])c([2H])c23)c1[2H]. The summed E-state index contributed by atoms with van der Waals surface area (Å²) in [6.07, 6.45) is 0. The van der Waals surface area contributed by atoms with Gasteiger partial charge in [0, 0.05) is 0 Å². The fraction of sp³-hybridized carbons (Fsp3) is 0.